The van der Waals surface area contributed by atoms with E-state index in [2.05, 4.69) is 72.4 Å². The minimum atomic E-state index is -0.860. The molecule has 2 N–H and O–H groups in total. The van der Waals surface area contributed by atoms with Crippen LogP contribution < -0.4 is 10.1 Å². The molecule has 6 nitrogen and oxygen atoms in total. The number of amides is 1. The number of nitrogens with one attached hydrogen (secondary N) is 1. The minimum Gasteiger partial charge on any atom is -0.491 e. The Labute approximate surface area is 217 Å². The third kappa shape index (κ3) is 6.28. The lowest BCUT2D eigenvalue weighted by atomic mass is 10.0. The Balaban J connectivity index is 1.47. The molecule has 3 aromatic carbocycles. The lowest BCUT2D eigenvalue weighted by Crippen LogP contribution is -2.11. The van der Waals surface area contributed by atoms with Crippen molar-refractivity contribution >= 4 is 34.0 Å². The number of carboxylic acids is 1. The second-order valence-corrected chi connectivity index (χ2v) is 9.19. The number of anilines is 1. The number of benzene rings is 3. The van der Waals surface area contributed by atoms with Gasteiger partial charge in [0.05, 0.1) is 18.3 Å². The Hall–Kier alpha value is -4.32. The van der Waals surface area contributed by atoms with Crippen molar-refractivity contribution in [3.8, 4) is 5.75 Å². The summed E-state index contributed by atoms with van der Waals surface area (Å²) in [6.07, 6.45) is 4.12. The number of rotatable bonds is 10. The van der Waals surface area contributed by atoms with E-state index in [1.807, 2.05) is 25.1 Å². The van der Waals surface area contributed by atoms with Crippen LogP contribution in [0, 0.1) is 6.92 Å². The second kappa shape index (κ2) is 11.6. The fraction of sp³-hybridized carbons (Fsp3) is 0.226. The maximum absolute atomic E-state index is 12.8. The Morgan fingerprint density at radius 1 is 1.05 bits per heavy atom. The van der Waals surface area contributed by atoms with E-state index in [1.54, 1.807) is 18.2 Å². The number of ether oxygens (including phenoxy) is 1. The SMILES string of the molecule is CC(=CC(=O)Nc1ccccc1OCCCC(=O)O)c1ccc2c(ccn2C(C)c2ccccc2C)c1. The molecule has 0 saturated carbocycles. The van der Waals surface area contributed by atoms with Gasteiger partial charge in [-0.2, -0.15) is 0 Å². The first-order valence-electron chi connectivity index (χ1n) is 12.4. The van der Waals surface area contributed by atoms with Gasteiger partial charge in [-0.1, -0.05) is 42.5 Å². The Morgan fingerprint density at radius 2 is 1.81 bits per heavy atom. The van der Waals surface area contributed by atoms with Gasteiger partial charge in [0.15, 0.2) is 0 Å². The Kier molecular flexibility index (Phi) is 8.08. The van der Waals surface area contributed by atoms with Gasteiger partial charge in [-0.15, -0.1) is 0 Å². The standard InChI is InChI=1S/C31H32N2O4/c1-21-9-4-5-10-26(21)23(3)33-17-16-25-20-24(14-15-28(25)33)22(2)19-30(34)32-27-11-6-7-12-29(27)37-18-8-13-31(35)36/h4-7,9-12,14-17,19-20,23H,8,13,18H2,1-3H3,(H,32,34)(H,35,36). The smallest absolute Gasteiger partial charge is 0.303 e. The van der Waals surface area contributed by atoms with Crippen molar-refractivity contribution in [2.24, 2.45) is 0 Å². The maximum atomic E-state index is 12.8. The highest BCUT2D eigenvalue weighted by atomic mass is 16.5. The van der Waals surface area contributed by atoms with E-state index in [0.29, 0.717) is 17.9 Å². The van der Waals surface area contributed by atoms with Gasteiger partial charge in [-0.05, 0) is 79.8 Å². The molecule has 0 aliphatic carbocycles. The molecule has 0 radical (unpaired) electrons. The van der Waals surface area contributed by atoms with Crippen molar-refractivity contribution in [3.05, 3.63) is 102 Å². The van der Waals surface area contributed by atoms with Crippen molar-refractivity contribution in [1.82, 2.24) is 4.57 Å². The van der Waals surface area contributed by atoms with Crippen molar-refractivity contribution in [1.29, 1.82) is 0 Å². The molecule has 0 spiro atoms. The van der Waals surface area contributed by atoms with E-state index < -0.39 is 5.97 Å². The molecule has 1 amide bonds. The molecule has 1 aromatic heterocycles. The second-order valence-electron chi connectivity index (χ2n) is 9.19. The molecule has 4 aromatic rings. The van der Waals surface area contributed by atoms with Gasteiger partial charge in [0.25, 0.3) is 0 Å². The summed E-state index contributed by atoms with van der Waals surface area (Å²) < 4.78 is 7.96. The van der Waals surface area contributed by atoms with Crippen molar-refractivity contribution < 1.29 is 19.4 Å². The predicted octanol–water partition coefficient (Wildman–Crippen LogP) is 6.84. The van der Waals surface area contributed by atoms with Crippen LogP contribution >= 0.6 is 0 Å². The molecule has 0 aliphatic heterocycles. The van der Waals surface area contributed by atoms with Gasteiger partial charge in [0, 0.05) is 29.6 Å². The molecule has 0 aliphatic rings. The normalized spacial score (nSPS) is 12.4. The van der Waals surface area contributed by atoms with Crippen LogP contribution in [0.2, 0.25) is 0 Å². The maximum Gasteiger partial charge on any atom is 0.303 e. The molecular formula is C31H32N2O4. The first-order chi connectivity index (χ1) is 17.8. The van der Waals surface area contributed by atoms with Crippen LogP contribution in [0.4, 0.5) is 5.69 Å². The number of carbonyl (C=O) groups is 2. The van der Waals surface area contributed by atoms with E-state index in [4.69, 9.17) is 9.84 Å². The first kappa shape index (κ1) is 25.8. The molecule has 4 rings (SSSR count). The van der Waals surface area contributed by atoms with Crippen LogP contribution in [0.3, 0.4) is 0 Å². The quantitative estimate of drug-likeness (QED) is 0.186. The van der Waals surface area contributed by atoms with E-state index in [1.165, 1.54) is 11.1 Å². The highest BCUT2D eigenvalue weighted by Gasteiger charge is 2.13. The molecule has 1 unspecified atom stereocenters. The molecule has 0 bridgehead atoms. The monoisotopic (exact) mass is 496 g/mol. The molecule has 1 heterocycles. The zero-order chi connectivity index (χ0) is 26.4. The van der Waals surface area contributed by atoms with Crippen molar-refractivity contribution in [2.75, 3.05) is 11.9 Å². The summed E-state index contributed by atoms with van der Waals surface area (Å²) in [5.41, 5.74) is 6.07. The molecule has 37 heavy (non-hydrogen) atoms. The summed E-state index contributed by atoms with van der Waals surface area (Å²) in [4.78, 5) is 23.5. The van der Waals surface area contributed by atoms with E-state index in [-0.39, 0.29) is 25.0 Å². The van der Waals surface area contributed by atoms with Crippen LogP contribution in [0.1, 0.15) is 49.4 Å². The number of carboxylic acid groups (broad SMARTS) is 1. The van der Waals surface area contributed by atoms with Crippen LogP contribution in [0.25, 0.3) is 16.5 Å². The summed E-state index contributed by atoms with van der Waals surface area (Å²) in [5, 5.41) is 12.8. The lowest BCUT2D eigenvalue weighted by Gasteiger charge is -2.18. The number of fused-ring (bicyclic) bond motifs is 1. The van der Waals surface area contributed by atoms with Gasteiger partial charge >= 0.3 is 5.97 Å². The van der Waals surface area contributed by atoms with Gasteiger partial charge < -0.3 is 19.7 Å². The van der Waals surface area contributed by atoms with Crippen molar-refractivity contribution in [3.63, 3.8) is 0 Å². The number of hydrogen-bond acceptors (Lipinski definition) is 3. The third-order valence-corrected chi connectivity index (χ3v) is 6.52. The van der Waals surface area contributed by atoms with Crippen LogP contribution in [-0.4, -0.2) is 28.2 Å². The Bertz CT molecular complexity index is 1450. The minimum absolute atomic E-state index is 0.0367. The molecule has 190 valence electrons. The van der Waals surface area contributed by atoms with E-state index in [0.717, 1.165) is 22.0 Å². The van der Waals surface area contributed by atoms with Crippen LogP contribution in [-0.2, 0) is 9.59 Å². The molecule has 6 heteroatoms. The van der Waals surface area contributed by atoms with Gasteiger partial charge in [-0.3, -0.25) is 9.59 Å². The van der Waals surface area contributed by atoms with Gasteiger partial charge in [-0.25, -0.2) is 0 Å². The third-order valence-electron chi connectivity index (χ3n) is 6.52. The molecule has 1 atom stereocenters. The number of aliphatic carboxylic acids is 1. The number of allylic oxidation sites excluding steroid dienone is 1. The van der Waals surface area contributed by atoms with Gasteiger partial charge in [0.1, 0.15) is 5.75 Å². The average Bonchev–Trinajstić information content (AvgIpc) is 3.30. The summed E-state index contributed by atoms with van der Waals surface area (Å²) in [7, 11) is 0. The summed E-state index contributed by atoms with van der Waals surface area (Å²) in [6, 6.07) is 24.2. The number of aromatic nitrogens is 1. The summed E-state index contributed by atoms with van der Waals surface area (Å²) in [6.45, 7) is 6.52. The predicted molar refractivity (Wildman–Crippen MR) is 148 cm³/mol. The lowest BCUT2D eigenvalue weighted by molar-refractivity contribution is -0.137. The van der Waals surface area contributed by atoms with Crippen molar-refractivity contribution in [2.45, 2.75) is 39.7 Å². The fourth-order valence-electron chi connectivity index (χ4n) is 4.50. The highest BCUT2D eigenvalue weighted by Crippen LogP contribution is 2.29. The summed E-state index contributed by atoms with van der Waals surface area (Å²) >= 11 is 0. The number of aryl methyl sites for hydroxylation is 1. The number of carbonyl (C=O) groups excluding carboxylic acids is 1. The average molecular weight is 497 g/mol. The molecule has 0 fully saturated rings. The topological polar surface area (TPSA) is 80.6 Å². The van der Waals surface area contributed by atoms with Crippen LogP contribution in [0.5, 0.6) is 5.75 Å². The molecule has 0 saturated heterocycles. The zero-order valence-electron chi connectivity index (χ0n) is 21.4. The molecular weight excluding hydrogens is 464 g/mol. The van der Waals surface area contributed by atoms with Gasteiger partial charge in [0.2, 0.25) is 5.91 Å². The summed E-state index contributed by atoms with van der Waals surface area (Å²) in [5.74, 6) is -0.607. The fourth-order valence-corrected chi connectivity index (χ4v) is 4.50. The largest absolute Gasteiger partial charge is 0.491 e. The highest BCUT2D eigenvalue weighted by molar-refractivity contribution is 6.04. The van der Waals surface area contributed by atoms with E-state index in [9.17, 15) is 9.59 Å². The number of hydrogen-bond donors (Lipinski definition) is 2. The number of nitrogens with zero attached hydrogens (tertiary/aromatic N) is 1. The zero-order valence-corrected chi connectivity index (χ0v) is 21.4. The first-order valence-corrected chi connectivity index (χ1v) is 12.4. The van der Waals surface area contributed by atoms with E-state index >= 15 is 0 Å². The Morgan fingerprint density at radius 3 is 2.59 bits per heavy atom. The van der Waals surface area contributed by atoms with Crippen LogP contribution in [0.15, 0.2) is 85.1 Å². The number of para-hydroxylation sites is 2.